The predicted molar refractivity (Wildman–Crippen MR) is 113 cm³/mol. The van der Waals surface area contributed by atoms with Gasteiger partial charge >= 0.3 is 0 Å². The van der Waals surface area contributed by atoms with E-state index in [4.69, 9.17) is 0 Å². The van der Waals surface area contributed by atoms with Gasteiger partial charge in [-0.05, 0) is 42.2 Å². The van der Waals surface area contributed by atoms with E-state index in [1.807, 2.05) is 70.8 Å². The molecule has 144 valence electrons. The number of carbonyl (C=O) groups is 2. The lowest BCUT2D eigenvalue weighted by atomic mass is 10.1. The Bertz CT molecular complexity index is 988. The van der Waals surface area contributed by atoms with Crippen molar-refractivity contribution in [1.29, 1.82) is 0 Å². The number of nitrogens with zero attached hydrogens (tertiary/aromatic N) is 2. The van der Waals surface area contributed by atoms with Crippen LogP contribution in [0.25, 0.3) is 10.9 Å². The van der Waals surface area contributed by atoms with Crippen LogP contribution >= 0.6 is 11.8 Å². The summed E-state index contributed by atoms with van der Waals surface area (Å²) in [5, 5.41) is 1.10. The zero-order chi connectivity index (χ0) is 19.5. The molecular formula is C22H23N3O2S. The minimum Gasteiger partial charge on any atom is -0.361 e. The zero-order valence-electron chi connectivity index (χ0n) is 15.9. The fraction of sp³-hybridized carbons (Fsp3) is 0.273. The van der Waals surface area contributed by atoms with Crippen molar-refractivity contribution in [2.45, 2.75) is 11.3 Å². The number of nitrogens with one attached hydrogen (secondary N) is 1. The second kappa shape index (κ2) is 8.10. The van der Waals surface area contributed by atoms with Gasteiger partial charge in [0.2, 0.25) is 5.91 Å². The molecule has 2 heterocycles. The normalized spacial score (nSPS) is 14.5. The minimum absolute atomic E-state index is 0.0383. The number of aromatic nitrogens is 1. The van der Waals surface area contributed by atoms with Crippen molar-refractivity contribution in [3.8, 4) is 0 Å². The molecular weight excluding hydrogens is 370 g/mol. The number of thioether (sulfide) groups is 1. The molecule has 1 N–H and O–H groups in total. The molecule has 28 heavy (non-hydrogen) atoms. The molecule has 5 nitrogen and oxygen atoms in total. The Morgan fingerprint density at radius 3 is 2.36 bits per heavy atom. The van der Waals surface area contributed by atoms with Gasteiger partial charge in [0, 0.05) is 53.7 Å². The van der Waals surface area contributed by atoms with Crippen molar-refractivity contribution >= 4 is 34.5 Å². The molecule has 0 unspecified atom stereocenters. The average Bonchev–Trinajstić information content (AvgIpc) is 3.16. The Labute approximate surface area is 168 Å². The molecule has 1 saturated heterocycles. The first-order valence-corrected chi connectivity index (χ1v) is 10.6. The molecule has 1 aliphatic heterocycles. The Kier molecular flexibility index (Phi) is 5.39. The first-order valence-electron chi connectivity index (χ1n) is 9.42. The maximum atomic E-state index is 12.7. The lowest BCUT2D eigenvalue weighted by molar-refractivity contribution is -0.131. The molecule has 1 aliphatic rings. The summed E-state index contributed by atoms with van der Waals surface area (Å²) in [7, 11) is 0. The summed E-state index contributed by atoms with van der Waals surface area (Å²) in [6.45, 7) is 2.30. The zero-order valence-corrected chi connectivity index (χ0v) is 16.7. The average molecular weight is 394 g/mol. The number of hydrogen-bond donors (Lipinski definition) is 1. The molecule has 0 spiro atoms. The smallest absolute Gasteiger partial charge is 0.253 e. The molecule has 0 radical (unpaired) electrons. The van der Waals surface area contributed by atoms with Gasteiger partial charge in [-0.15, -0.1) is 11.8 Å². The summed E-state index contributed by atoms with van der Waals surface area (Å²) in [4.78, 5) is 33.5. The van der Waals surface area contributed by atoms with E-state index in [0.717, 1.165) is 21.4 Å². The van der Waals surface area contributed by atoms with E-state index in [2.05, 4.69) is 4.98 Å². The van der Waals surface area contributed by atoms with Gasteiger partial charge in [-0.3, -0.25) is 9.59 Å². The number of fused-ring (bicyclic) bond motifs is 1. The molecule has 0 atom stereocenters. The van der Waals surface area contributed by atoms with Crippen LogP contribution in [0.5, 0.6) is 0 Å². The number of carbonyl (C=O) groups excluding carboxylic acids is 2. The summed E-state index contributed by atoms with van der Waals surface area (Å²) in [5.74, 6) is 0.151. The Hall–Kier alpha value is -2.73. The molecule has 2 amide bonds. The molecule has 1 aromatic heterocycles. The summed E-state index contributed by atoms with van der Waals surface area (Å²) in [5.41, 5.74) is 2.78. The van der Waals surface area contributed by atoms with Crippen LogP contribution in [-0.2, 0) is 11.2 Å². The summed E-state index contributed by atoms with van der Waals surface area (Å²) >= 11 is 1.66. The standard InChI is InChI=1S/C22H23N3O2S/c1-28-18-8-6-16(7-9-18)22(27)25-12-10-24(11-13-25)21(26)14-17-15-23-20-5-3-2-4-19(17)20/h2-9,15,23H,10-14H2,1H3. The first-order chi connectivity index (χ1) is 13.7. The van der Waals surface area contributed by atoms with E-state index in [1.165, 1.54) is 0 Å². The number of piperazine rings is 1. The quantitative estimate of drug-likeness (QED) is 0.691. The third-order valence-corrected chi connectivity index (χ3v) is 6.02. The van der Waals surface area contributed by atoms with Crippen LogP contribution in [0.15, 0.2) is 59.6 Å². The predicted octanol–water partition coefficient (Wildman–Crippen LogP) is 3.42. The van der Waals surface area contributed by atoms with E-state index in [1.54, 1.807) is 11.8 Å². The third kappa shape index (κ3) is 3.78. The molecule has 0 aliphatic carbocycles. The van der Waals surface area contributed by atoms with Crippen molar-refractivity contribution in [2.24, 2.45) is 0 Å². The molecule has 6 heteroatoms. The third-order valence-electron chi connectivity index (χ3n) is 5.27. The SMILES string of the molecule is CSc1ccc(C(=O)N2CCN(C(=O)Cc3c[nH]c4ccccc34)CC2)cc1. The fourth-order valence-electron chi connectivity index (χ4n) is 3.63. The van der Waals surface area contributed by atoms with Gasteiger partial charge in [-0.1, -0.05) is 18.2 Å². The number of rotatable bonds is 4. The van der Waals surface area contributed by atoms with E-state index < -0.39 is 0 Å². The van der Waals surface area contributed by atoms with Gasteiger partial charge in [0.25, 0.3) is 5.91 Å². The number of para-hydroxylation sites is 1. The monoisotopic (exact) mass is 393 g/mol. The van der Waals surface area contributed by atoms with E-state index in [-0.39, 0.29) is 11.8 Å². The van der Waals surface area contributed by atoms with Gasteiger partial charge in [0.05, 0.1) is 6.42 Å². The second-order valence-corrected chi connectivity index (χ2v) is 7.82. The summed E-state index contributed by atoms with van der Waals surface area (Å²) in [6.07, 6.45) is 4.32. The number of H-pyrrole nitrogens is 1. The Balaban J connectivity index is 1.35. The first kappa shape index (κ1) is 18.6. The van der Waals surface area contributed by atoms with Crippen molar-refractivity contribution in [3.05, 3.63) is 65.9 Å². The molecule has 2 aromatic carbocycles. The van der Waals surface area contributed by atoms with E-state index >= 15 is 0 Å². The molecule has 0 saturated carbocycles. The highest BCUT2D eigenvalue weighted by Gasteiger charge is 2.25. The van der Waals surface area contributed by atoms with Gasteiger partial charge in [0.1, 0.15) is 0 Å². The topological polar surface area (TPSA) is 56.4 Å². The highest BCUT2D eigenvalue weighted by Crippen LogP contribution is 2.20. The maximum Gasteiger partial charge on any atom is 0.253 e. The lowest BCUT2D eigenvalue weighted by Gasteiger charge is -2.35. The Morgan fingerprint density at radius 1 is 0.964 bits per heavy atom. The van der Waals surface area contributed by atoms with Crippen LogP contribution in [0, 0.1) is 0 Å². The molecule has 3 aromatic rings. The highest BCUT2D eigenvalue weighted by molar-refractivity contribution is 7.98. The van der Waals surface area contributed by atoms with E-state index in [9.17, 15) is 9.59 Å². The molecule has 4 rings (SSSR count). The summed E-state index contributed by atoms with van der Waals surface area (Å²) < 4.78 is 0. The van der Waals surface area contributed by atoms with Crippen molar-refractivity contribution in [3.63, 3.8) is 0 Å². The van der Waals surface area contributed by atoms with Gasteiger partial charge in [-0.25, -0.2) is 0 Å². The van der Waals surface area contributed by atoms with E-state index in [0.29, 0.717) is 38.2 Å². The van der Waals surface area contributed by atoms with Crippen LogP contribution in [-0.4, -0.2) is 59.0 Å². The molecule has 1 fully saturated rings. The summed E-state index contributed by atoms with van der Waals surface area (Å²) in [6, 6.07) is 15.7. The lowest BCUT2D eigenvalue weighted by Crippen LogP contribution is -2.51. The van der Waals surface area contributed by atoms with Gasteiger partial charge in [-0.2, -0.15) is 0 Å². The van der Waals surface area contributed by atoms with Crippen LogP contribution in [0.4, 0.5) is 0 Å². The maximum absolute atomic E-state index is 12.7. The van der Waals surface area contributed by atoms with Crippen LogP contribution < -0.4 is 0 Å². The largest absolute Gasteiger partial charge is 0.361 e. The number of aromatic amines is 1. The van der Waals surface area contributed by atoms with Crippen LogP contribution in [0.3, 0.4) is 0 Å². The number of hydrogen-bond acceptors (Lipinski definition) is 3. The second-order valence-electron chi connectivity index (χ2n) is 6.94. The minimum atomic E-state index is 0.0383. The van der Waals surface area contributed by atoms with Crippen LogP contribution in [0.2, 0.25) is 0 Å². The molecule has 0 bridgehead atoms. The van der Waals surface area contributed by atoms with Gasteiger partial charge in [0.15, 0.2) is 0 Å². The Morgan fingerprint density at radius 2 is 1.64 bits per heavy atom. The van der Waals surface area contributed by atoms with Gasteiger partial charge < -0.3 is 14.8 Å². The van der Waals surface area contributed by atoms with Crippen molar-refractivity contribution in [2.75, 3.05) is 32.4 Å². The van der Waals surface area contributed by atoms with Crippen molar-refractivity contribution in [1.82, 2.24) is 14.8 Å². The number of amides is 2. The van der Waals surface area contributed by atoms with Crippen LogP contribution in [0.1, 0.15) is 15.9 Å². The van der Waals surface area contributed by atoms with Crippen molar-refractivity contribution < 1.29 is 9.59 Å². The number of benzene rings is 2. The highest BCUT2D eigenvalue weighted by atomic mass is 32.2. The fourth-order valence-corrected chi connectivity index (χ4v) is 4.04.